The maximum Gasteiger partial charge on any atom is 0.224 e. The van der Waals surface area contributed by atoms with E-state index in [1.54, 1.807) is 17.2 Å². The number of carbonyl (C=O) groups excluding carboxylic acids is 1. The highest BCUT2D eigenvalue weighted by atomic mass is 16.5. The average molecular weight is 351 g/mol. The smallest absolute Gasteiger partial charge is 0.224 e. The molecule has 1 N–H and O–H groups in total. The molecule has 1 amide bonds. The van der Waals surface area contributed by atoms with Crippen LogP contribution in [-0.4, -0.2) is 25.7 Å². The Morgan fingerprint density at radius 1 is 1.19 bits per heavy atom. The van der Waals surface area contributed by atoms with E-state index in [4.69, 9.17) is 4.74 Å². The summed E-state index contributed by atoms with van der Waals surface area (Å²) in [6, 6.07) is 9.71. The number of benzene rings is 1. The van der Waals surface area contributed by atoms with Gasteiger partial charge in [0.05, 0.1) is 6.54 Å². The lowest BCUT2D eigenvalue weighted by Crippen LogP contribution is -2.24. The summed E-state index contributed by atoms with van der Waals surface area (Å²) in [6.45, 7) is 4.84. The van der Waals surface area contributed by atoms with E-state index in [0.717, 1.165) is 22.4 Å². The number of rotatable bonds is 7. The van der Waals surface area contributed by atoms with Gasteiger partial charge >= 0.3 is 0 Å². The van der Waals surface area contributed by atoms with E-state index in [-0.39, 0.29) is 5.91 Å². The van der Waals surface area contributed by atoms with Crippen molar-refractivity contribution in [3.63, 3.8) is 0 Å². The van der Waals surface area contributed by atoms with Crippen LogP contribution < -0.4 is 10.1 Å². The van der Waals surface area contributed by atoms with Crippen molar-refractivity contribution in [1.29, 1.82) is 0 Å². The van der Waals surface area contributed by atoms with Crippen molar-refractivity contribution in [1.82, 2.24) is 25.1 Å². The summed E-state index contributed by atoms with van der Waals surface area (Å²) in [4.78, 5) is 20.2. The quantitative estimate of drug-likeness (QED) is 0.708. The van der Waals surface area contributed by atoms with E-state index in [1.165, 1.54) is 6.33 Å². The Hall–Kier alpha value is -3.22. The first-order chi connectivity index (χ1) is 12.6. The number of aryl methyl sites for hydroxylation is 3. The summed E-state index contributed by atoms with van der Waals surface area (Å²) in [5.74, 6) is 1.23. The summed E-state index contributed by atoms with van der Waals surface area (Å²) in [5.41, 5.74) is 2.90. The minimum atomic E-state index is -0.0672. The topological polar surface area (TPSA) is 81.9 Å². The third kappa shape index (κ3) is 4.44. The summed E-state index contributed by atoms with van der Waals surface area (Å²) in [7, 11) is 0. The van der Waals surface area contributed by atoms with Crippen molar-refractivity contribution in [3.8, 4) is 11.6 Å². The first-order valence-electron chi connectivity index (χ1n) is 8.40. The molecular weight excluding hydrogens is 330 g/mol. The maximum atomic E-state index is 12.1. The van der Waals surface area contributed by atoms with Crippen LogP contribution >= 0.6 is 0 Å². The number of hydrogen-bond donors (Lipinski definition) is 1. The standard InChI is InChI=1S/C19H21N5O2/c1-14-5-3-6-15(2)18(14)26-19-16(7-4-9-21-19)11-22-17(25)8-10-24-13-20-12-23-24/h3-7,9,12-13H,8,10-11H2,1-2H3,(H,22,25). The molecule has 0 unspecified atom stereocenters. The normalized spacial score (nSPS) is 10.5. The number of pyridine rings is 1. The van der Waals surface area contributed by atoms with E-state index in [9.17, 15) is 4.79 Å². The van der Waals surface area contributed by atoms with E-state index in [1.807, 2.05) is 44.2 Å². The molecule has 134 valence electrons. The van der Waals surface area contributed by atoms with Crippen LogP contribution in [-0.2, 0) is 17.9 Å². The van der Waals surface area contributed by atoms with Crippen LogP contribution in [0.4, 0.5) is 0 Å². The average Bonchev–Trinajstić information content (AvgIpc) is 3.16. The van der Waals surface area contributed by atoms with Gasteiger partial charge in [0.15, 0.2) is 0 Å². The highest BCUT2D eigenvalue weighted by Gasteiger charge is 2.11. The number of aromatic nitrogens is 4. The zero-order valence-electron chi connectivity index (χ0n) is 14.8. The fourth-order valence-corrected chi connectivity index (χ4v) is 2.55. The highest BCUT2D eigenvalue weighted by molar-refractivity contribution is 5.75. The molecule has 0 spiro atoms. The van der Waals surface area contributed by atoms with Gasteiger partial charge in [-0.3, -0.25) is 9.48 Å². The van der Waals surface area contributed by atoms with Gasteiger partial charge in [0.1, 0.15) is 18.4 Å². The molecule has 0 bridgehead atoms. The van der Waals surface area contributed by atoms with Gasteiger partial charge < -0.3 is 10.1 Å². The van der Waals surface area contributed by atoms with Crippen LogP contribution in [0.5, 0.6) is 11.6 Å². The van der Waals surface area contributed by atoms with Gasteiger partial charge in [0, 0.05) is 24.7 Å². The predicted molar refractivity (Wildman–Crippen MR) is 96.7 cm³/mol. The Morgan fingerprint density at radius 2 is 2.00 bits per heavy atom. The van der Waals surface area contributed by atoms with Crippen LogP contribution in [0.3, 0.4) is 0 Å². The Labute approximate surface area is 152 Å². The Kier molecular flexibility index (Phi) is 5.58. The molecule has 7 heteroatoms. The summed E-state index contributed by atoms with van der Waals surface area (Å²) >= 11 is 0. The molecule has 0 aliphatic rings. The molecule has 7 nitrogen and oxygen atoms in total. The fraction of sp³-hybridized carbons (Fsp3) is 0.263. The van der Waals surface area contributed by atoms with Gasteiger partial charge in [-0.25, -0.2) is 9.97 Å². The number of para-hydroxylation sites is 1. The molecule has 2 aromatic heterocycles. The van der Waals surface area contributed by atoms with Crippen molar-refractivity contribution in [2.75, 3.05) is 0 Å². The Bertz CT molecular complexity index is 857. The monoisotopic (exact) mass is 351 g/mol. The lowest BCUT2D eigenvalue weighted by atomic mass is 10.1. The van der Waals surface area contributed by atoms with E-state index >= 15 is 0 Å². The largest absolute Gasteiger partial charge is 0.438 e. The maximum absolute atomic E-state index is 12.1. The zero-order valence-corrected chi connectivity index (χ0v) is 14.8. The van der Waals surface area contributed by atoms with Crippen LogP contribution in [0.2, 0.25) is 0 Å². The molecule has 3 rings (SSSR count). The minimum Gasteiger partial charge on any atom is -0.438 e. The van der Waals surface area contributed by atoms with Crippen molar-refractivity contribution >= 4 is 5.91 Å². The highest BCUT2D eigenvalue weighted by Crippen LogP contribution is 2.29. The molecule has 3 aromatic rings. The van der Waals surface area contributed by atoms with Gasteiger partial charge in [-0.2, -0.15) is 5.10 Å². The van der Waals surface area contributed by atoms with Crippen molar-refractivity contribution in [2.24, 2.45) is 0 Å². The van der Waals surface area contributed by atoms with Crippen LogP contribution in [0.15, 0.2) is 49.2 Å². The van der Waals surface area contributed by atoms with E-state index < -0.39 is 0 Å². The van der Waals surface area contributed by atoms with E-state index in [2.05, 4.69) is 20.4 Å². The second-order valence-electron chi connectivity index (χ2n) is 5.98. The van der Waals surface area contributed by atoms with E-state index in [0.29, 0.717) is 25.4 Å². The van der Waals surface area contributed by atoms with Gasteiger partial charge in [-0.15, -0.1) is 0 Å². The number of ether oxygens (including phenoxy) is 1. The van der Waals surface area contributed by atoms with Gasteiger partial charge in [-0.1, -0.05) is 24.3 Å². The SMILES string of the molecule is Cc1cccc(C)c1Oc1ncccc1CNC(=O)CCn1cncn1. The Morgan fingerprint density at radius 3 is 2.73 bits per heavy atom. The third-order valence-electron chi connectivity index (χ3n) is 3.97. The number of carbonyl (C=O) groups is 1. The molecule has 0 aliphatic heterocycles. The summed E-state index contributed by atoms with van der Waals surface area (Å²) in [5, 5.41) is 6.88. The van der Waals surface area contributed by atoms with Gasteiger partial charge in [0.25, 0.3) is 0 Å². The van der Waals surface area contributed by atoms with Gasteiger partial charge in [-0.05, 0) is 31.0 Å². The van der Waals surface area contributed by atoms with Crippen molar-refractivity contribution < 1.29 is 9.53 Å². The van der Waals surface area contributed by atoms with Crippen molar-refractivity contribution in [2.45, 2.75) is 33.4 Å². The predicted octanol–water partition coefficient (Wildman–Crippen LogP) is 2.79. The molecule has 1 aromatic carbocycles. The number of amides is 1. The van der Waals surface area contributed by atoms with Crippen LogP contribution in [0, 0.1) is 13.8 Å². The molecule has 0 saturated heterocycles. The van der Waals surface area contributed by atoms with Crippen LogP contribution in [0.25, 0.3) is 0 Å². The second kappa shape index (κ2) is 8.24. The molecule has 0 fully saturated rings. The fourth-order valence-electron chi connectivity index (χ4n) is 2.55. The lowest BCUT2D eigenvalue weighted by molar-refractivity contribution is -0.121. The van der Waals surface area contributed by atoms with Crippen molar-refractivity contribution in [3.05, 3.63) is 65.9 Å². The number of nitrogens with zero attached hydrogens (tertiary/aromatic N) is 4. The Balaban J connectivity index is 1.63. The second-order valence-corrected chi connectivity index (χ2v) is 5.98. The lowest BCUT2D eigenvalue weighted by Gasteiger charge is -2.14. The number of nitrogens with one attached hydrogen (secondary N) is 1. The third-order valence-corrected chi connectivity index (χ3v) is 3.97. The first-order valence-corrected chi connectivity index (χ1v) is 8.40. The zero-order chi connectivity index (χ0) is 18.4. The van der Waals surface area contributed by atoms with Crippen LogP contribution in [0.1, 0.15) is 23.1 Å². The summed E-state index contributed by atoms with van der Waals surface area (Å²) in [6.07, 6.45) is 5.05. The van der Waals surface area contributed by atoms with Gasteiger partial charge in [0.2, 0.25) is 11.8 Å². The molecule has 2 heterocycles. The molecule has 0 saturated carbocycles. The molecule has 26 heavy (non-hydrogen) atoms. The minimum absolute atomic E-state index is 0.0672. The summed E-state index contributed by atoms with van der Waals surface area (Å²) < 4.78 is 7.66. The molecule has 0 atom stereocenters. The molecule has 0 radical (unpaired) electrons. The first kappa shape index (κ1) is 17.6. The number of hydrogen-bond acceptors (Lipinski definition) is 5. The molecular formula is C19H21N5O2. The molecule has 0 aliphatic carbocycles.